The maximum atomic E-state index is 13.5. The van der Waals surface area contributed by atoms with Gasteiger partial charge in [-0.15, -0.1) is 0 Å². The number of carbonyl (C=O) groups is 1. The van der Waals surface area contributed by atoms with Gasteiger partial charge in [0.2, 0.25) is 5.91 Å². The molecule has 1 amide bonds. The molecule has 0 radical (unpaired) electrons. The van der Waals surface area contributed by atoms with Crippen LogP contribution in [0.3, 0.4) is 0 Å². The van der Waals surface area contributed by atoms with E-state index in [0.717, 1.165) is 48.5 Å². The molecule has 6 nitrogen and oxygen atoms in total. The van der Waals surface area contributed by atoms with Gasteiger partial charge < -0.3 is 19.8 Å². The lowest BCUT2D eigenvalue weighted by Crippen LogP contribution is -2.80. The van der Waals surface area contributed by atoms with Gasteiger partial charge in [0.05, 0.1) is 17.1 Å². The maximum Gasteiger partial charge on any atom is 0.246 e. The predicted molar refractivity (Wildman–Crippen MR) is 146 cm³/mol. The molecule has 0 aromatic heterocycles. The van der Waals surface area contributed by atoms with Crippen molar-refractivity contribution in [3.63, 3.8) is 0 Å². The van der Waals surface area contributed by atoms with Crippen molar-refractivity contribution < 1.29 is 19.7 Å². The molecule has 2 aromatic rings. The van der Waals surface area contributed by atoms with Gasteiger partial charge >= 0.3 is 0 Å². The number of phenols is 1. The second-order valence-electron chi connectivity index (χ2n) is 12.6. The van der Waals surface area contributed by atoms with Crippen molar-refractivity contribution in [3.8, 4) is 11.5 Å². The lowest BCUT2D eigenvalue weighted by molar-refractivity contribution is -0.224. The Kier molecular flexibility index (Phi) is 5.31. The van der Waals surface area contributed by atoms with Crippen LogP contribution in [0, 0.1) is 18.8 Å². The quantitative estimate of drug-likeness (QED) is 0.589. The number of likely N-dealkylation sites (tertiary alicyclic amines) is 1. The van der Waals surface area contributed by atoms with Gasteiger partial charge in [-0.3, -0.25) is 9.69 Å². The van der Waals surface area contributed by atoms with Crippen LogP contribution >= 0.6 is 0 Å². The van der Waals surface area contributed by atoms with Crippen molar-refractivity contribution in [1.29, 1.82) is 0 Å². The van der Waals surface area contributed by atoms with Crippen LogP contribution in [0.25, 0.3) is 6.08 Å². The van der Waals surface area contributed by atoms with E-state index >= 15 is 0 Å². The first-order chi connectivity index (χ1) is 18.2. The number of benzene rings is 2. The molecule has 1 saturated heterocycles. The van der Waals surface area contributed by atoms with E-state index in [1.165, 1.54) is 18.4 Å². The van der Waals surface area contributed by atoms with E-state index in [0.29, 0.717) is 12.2 Å². The van der Waals surface area contributed by atoms with Gasteiger partial charge in [0.25, 0.3) is 0 Å². The Hall–Kier alpha value is -2.83. The van der Waals surface area contributed by atoms with Crippen LogP contribution in [0.1, 0.15) is 54.9 Å². The van der Waals surface area contributed by atoms with Crippen LogP contribution in [-0.2, 0) is 16.6 Å². The largest absolute Gasteiger partial charge is 0.504 e. The standard InChI is InChI=1S/C32H38N2O4/c1-19-5-4-6-21(15-19)9-12-27(36)33(3)24-16-20(2)32(37)26-17-23-10-11-25(35)29-28(23)31(32,30(24)38-29)13-14-34(26)18-22-7-8-22/h4-6,9-12,15,20,22,24,26,30,35,37H,7-8,13-14,16-18H2,1-3H3/t20-,24+,26+,30+,31-,32+/m0/s1. The highest BCUT2D eigenvalue weighted by Crippen LogP contribution is 2.67. The first-order valence-electron chi connectivity index (χ1n) is 14.2. The molecule has 2 saturated carbocycles. The minimum absolute atomic E-state index is 0.0177. The van der Waals surface area contributed by atoms with Crippen molar-refractivity contribution in [3.05, 3.63) is 64.7 Å². The number of aliphatic hydroxyl groups is 1. The number of hydrogen-bond acceptors (Lipinski definition) is 5. The second-order valence-corrected chi connectivity index (χ2v) is 12.6. The number of hydrogen-bond donors (Lipinski definition) is 2. The molecule has 7 rings (SSSR count). The number of nitrogens with zero attached hydrogens (tertiary/aromatic N) is 2. The van der Waals surface area contributed by atoms with E-state index in [2.05, 4.69) is 17.9 Å². The van der Waals surface area contributed by atoms with Crippen LogP contribution < -0.4 is 4.74 Å². The predicted octanol–water partition coefficient (Wildman–Crippen LogP) is 4.05. The molecular formula is C32H38N2O4. The molecule has 2 heterocycles. The van der Waals surface area contributed by atoms with E-state index in [9.17, 15) is 15.0 Å². The third kappa shape index (κ3) is 3.23. The molecule has 2 N–H and O–H groups in total. The zero-order valence-corrected chi connectivity index (χ0v) is 22.6. The molecule has 1 spiro atoms. The minimum Gasteiger partial charge on any atom is -0.504 e. The third-order valence-corrected chi connectivity index (χ3v) is 10.5. The first kappa shape index (κ1) is 24.2. The molecule has 38 heavy (non-hydrogen) atoms. The van der Waals surface area contributed by atoms with Gasteiger partial charge in [0.1, 0.15) is 6.10 Å². The van der Waals surface area contributed by atoms with Crippen molar-refractivity contribution in [2.45, 2.75) is 75.2 Å². The number of aryl methyl sites for hydroxylation is 1. The summed E-state index contributed by atoms with van der Waals surface area (Å²) in [5.74, 6) is 1.30. The summed E-state index contributed by atoms with van der Waals surface area (Å²) in [5.41, 5.74) is 2.70. The number of carbonyl (C=O) groups excluding carboxylic acids is 1. The molecule has 3 aliphatic carbocycles. The summed E-state index contributed by atoms with van der Waals surface area (Å²) in [6.07, 6.45) is 7.87. The second kappa shape index (κ2) is 8.33. The summed E-state index contributed by atoms with van der Waals surface area (Å²) in [7, 11) is 1.86. The zero-order chi connectivity index (χ0) is 26.4. The molecular weight excluding hydrogens is 476 g/mol. The smallest absolute Gasteiger partial charge is 0.246 e. The molecule has 3 fully saturated rings. The summed E-state index contributed by atoms with van der Waals surface area (Å²) >= 11 is 0. The Morgan fingerprint density at radius 1 is 1.26 bits per heavy atom. The van der Waals surface area contributed by atoms with E-state index < -0.39 is 17.1 Å². The Labute approximate surface area is 224 Å². The maximum absolute atomic E-state index is 13.5. The molecule has 6 heteroatoms. The summed E-state index contributed by atoms with van der Waals surface area (Å²) in [6, 6.07) is 11.7. The number of aromatic hydroxyl groups is 1. The monoisotopic (exact) mass is 514 g/mol. The van der Waals surface area contributed by atoms with E-state index in [1.807, 2.05) is 49.2 Å². The van der Waals surface area contributed by atoms with Gasteiger partial charge in [-0.05, 0) is 80.7 Å². The summed E-state index contributed by atoms with van der Waals surface area (Å²) < 4.78 is 6.67. The van der Waals surface area contributed by atoms with Crippen LogP contribution in [0.4, 0.5) is 0 Å². The van der Waals surface area contributed by atoms with E-state index in [4.69, 9.17) is 4.74 Å². The molecule has 2 bridgehead atoms. The molecule has 5 aliphatic rings. The fraction of sp³-hybridized carbons (Fsp3) is 0.531. The molecule has 6 atom stereocenters. The Morgan fingerprint density at radius 2 is 2.08 bits per heavy atom. The molecule has 200 valence electrons. The topological polar surface area (TPSA) is 73.2 Å². The molecule has 0 unspecified atom stereocenters. The SMILES string of the molecule is Cc1cccc(C=CC(=O)N(C)[C@@H]2C[C@H](C)[C@@]3(O)[C@H]4Cc5ccc(O)c6c5[C@@]3(CCN4CC3CC3)[C@@H]2O6)c1. The van der Waals surface area contributed by atoms with Gasteiger partial charge in [0, 0.05) is 31.3 Å². The van der Waals surface area contributed by atoms with Gasteiger partial charge in [-0.2, -0.15) is 0 Å². The van der Waals surface area contributed by atoms with Crippen LogP contribution in [0.15, 0.2) is 42.5 Å². The summed E-state index contributed by atoms with van der Waals surface area (Å²) in [6.45, 7) is 6.15. The molecule has 2 aromatic carbocycles. The number of likely N-dealkylation sites (N-methyl/N-ethyl adjacent to an activating group) is 1. The van der Waals surface area contributed by atoms with Crippen LogP contribution in [0.5, 0.6) is 11.5 Å². The highest BCUT2D eigenvalue weighted by molar-refractivity contribution is 5.92. The number of ether oxygens (including phenoxy) is 1. The van der Waals surface area contributed by atoms with E-state index in [-0.39, 0.29) is 29.7 Å². The normalized spacial score (nSPS) is 35.2. The van der Waals surface area contributed by atoms with Crippen LogP contribution in [0.2, 0.25) is 0 Å². The summed E-state index contributed by atoms with van der Waals surface area (Å²) in [5, 5.41) is 23.8. The van der Waals surface area contributed by atoms with E-state index in [1.54, 1.807) is 12.1 Å². The van der Waals surface area contributed by atoms with Crippen molar-refractivity contribution >= 4 is 12.0 Å². The average molecular weight is 515 g/mol. The Bertz CT molecular complexity index is 1330. The lowest BCUT2D eigenvalue weighted by atomic mass is 9.45. The highest BCUT2D eigenvalue weighted by atomic mass is 16.5. The fourth-order valence-electron chi connectivity index (χ4n) is 8.48. The number of phenolic OH excluding ortho intramolecular Hbond substituents is 1. The van der Waals surface area contributed by atoms with Crippen molar-refractivity contribution in [1.82, 2.24) is 9.80 Å². The minimum atomic E-state index is -0.978. The zero-order valence-electron chi connectivity index (χ0n) is 22.6. The van der Waals surface area contributed by atoms with Gasteiger partial charge in [-0.1, -0.05) is 42.8 Å². The summed E-state index contributed by atoms with van der Waals surface area (Å²) in [4.78, 5) is 17.8. The number of piperidine rings is 1. The van der Waals surface area contributed by atoms with Crippen LogP contribution in [-0.4, -0.2) is 69.8 Å². The highest BCUT2D eigenvalue weighted by Gasteiger charge is 2.75. The van der Waals surface area contributed by atoms with Gasteiger partial charge in [-0.25, -0.2) is 0 Å². The fourth-order valence-corrected chi connectivity index (χ4v) is 8.48. The molecule has 2 aliphatic heterocycles. The van der Waals surface area contributed by atoms with Crippen molar-refractivity contribution in [2.75, 3.05) is 20.1 Å². The van der Waals surface area contributed by atoms with Crippen molar-refractivity contribution in [2.24, 2.45) is 11.8 Å². The number of amides is 1. The lowest BCUT2D eigenvalue weighted by Gasteiger charge is -2.67. The van der Waals surface area contributed by atoms with Gasteiger partial charge in [0.15, 0.2) is 11.5 Å². The average Bonchev–Trinajstić information content (AvgIpc) is 3.64. The first-order valence-corrected chi connectivity index (χ1v) is 14.2. The third-order valence-electron chi connectivity index (χ3n) is 10.5. The number of rotatable bonds is 5. The Morgan fingerprint density at radius 3 is 2.84 bits per heavy atom. The Balaban J connectivity index is 1.28.